The van der Waals surface area contributed by atoms with E-state index in [1.54, 1.807) is 19.1 Å². The lowest BCUT2D eigenvalue weighted by molar-refractivity contribution is -0.137. The SMILES string of the molecule is Cc1c(C(=O)OCC(=O)Nc2ccccc2Cc2ccccc2)cnn1-c1ccc(C(F)(F)F)cn1. The quantitative estimate of drug-likeness (QED) is 0.366. The Kier molecular flexibility index (Phi) is 7.14. The van der Waals surface area contributed by atoms with E-state index in [0.717, 1.165) is 23.3 Å². The largest absolute Gasteiger partial charge is 0.452 e. The molecule has 0 saturated carbocycles. The normalized spacial score (nSPS) is 11.2. The van der Waals surface area contributed by atoms with Crippen molar-refractivity contribution < 1.29 is 27.5 Å². The van der Waals surface area contributed by atoms with Gasteiger partial charge in [0.15, 0.2) is 12.4 Å². The Morgan fingerprint density at radius 3 is 2.39 bits per heavy atom. The number of anilines is 1. The zero-order valence-electron chi connectivity index (χ0n) is 19.1. The number of benzene rings is 2. The Balaban J connectivity index is 1.38. The number of ether oxygens (including phenoxy) is 1. The zero-order valence-corrected chi connectivity index (χ0v) is 19.1. The number of hydrogen-bond donors (Lipinski definition) is 1. The number of para-hydroxylation sites is 1. The number of carbonyl (C=O) groups excluding carboxylic acids is 2. The van der Waals surface area contributed by atoms with E-state index in [2.05, 4.69) is 15.4 Å². The van der Waals surface area contributed by atoms with Gasteiger partial charge in [-0.1, -0.05) is 48.5 Å². The molecule has 1 N–H and O–H groups in total. The van der Waals surface area contributed by atoms with Crippen LogP contribution in [0.25, 0.3) is 5.82 Å². The third-order valence-corrected chi connectivity index (χ3v) is 5.39. The van der Waals surface area contributed by atoms with Crippen molar-refractivity contribution in [3.63, 3.8) is 0 Å². The van der Waals surface area contributed by atoms with E-state index in [1.165, 1.54) is 10.9 Å². The van der Waals surface area contributed by atoms with Gasteiger partial charge in [0.2, 0.25) is 0 Å². The topological polar surface area (TPSA) is 86.1 Å². The highest BCUT2D eigenvalue weighted by Crippen LogP contribution is 2.29. The number of nitrogens with zero attached hydrogens (tertiary/aromatic N) is 3. The minimum atomic E-state index is -4.51. The van der Waals surface area contributed by atoms with E-state index in [1.807, 2.05) is 42.5 Å². The lowest BCUT2D eigenvalue weighted by Gasteiger charge is -2.11. The maximum absolute atomic E-state index is 12.8. The van der Waals surface area contributed by atoms with Crippen LogP contribution in [-0.4, -0.2) is 33.2 Å². The first-order valence-corrected chi connectivity index (χ1v) is 10.9. The van der Waals surface area contributed by atoms with Gasteiger partial charge in [-0.3, -0.25) is 4.79 Å². The van der Waals surface area contributed by atoms with Crippen molar-refractivity contribution >= 4 is 17.6 Å². The number of aromatic nitrogens is 3. The van der Waals surface area contributed by atoms with Gasteiger partial charge in [-0.2, -0.15) is 18.3 Å². The van der Waals surface area contributed by atoms with Crippen LogP contribution in [-0.2, 0) is 22.1 Å². The number of hydrogen-bond acceptors (Lipinski definition) is 5. The Hall–Kier alpha value is -4.47. The molecule has 10 heteroatoms. The van der Waals surface area contributed by atoms with E-state index in [4.69, 9.17) is 4.74 Å². The molecule has 4 aromatic rings. The molecule has 0 aliphatic carbocycles. The van der Waals surface area contributed by atoms with Crippen molar-refractivity contribution in [3.05, 3.63) is 107 Å². The molecular formula is C26H21F3N4O3. The summed E-state index contributed by atoms with van der Waals surface area (Å²) in [6.45, 7) is 1.02. The first kappa shape index (κ1) is 24.6. The molecule has 184 valence electrons. The Morgan fingerprint density at radius 1 is 0.972 bits per heavy atom. The molecule has 0 aliphatic rings. The highest BCUT2D eigenvalue weighted by molar-refractivity contribution is 5.96. The first-order valence-electron chi connectivity index (χ1n) is 10.9. The highest BCUT2D eigenvalue weighted by atomic mass is 19.4. The lowest BCUT2D eigenvalue weighted by atomic mass is 10.0. The summed E-state index contributed by atoms with van der Waals surface area (Å²) in [4.78, 5) is 28.8. The summed E-state index contributed by atoms with van der Waals surface area (Å²) in [5.41, 5.74) is 2.08. The number of rotatable bonds is 7. The second-order valence-electron chi connectivity index (χ2n) is 7.90. The number of carbonyl (C=O) groups is 2. The fourth-order valence-corrected chi connectivity index (χ4v) is 3.53. The molecule has 0 spiro atoms. The Labute approximate surface area is 204 Å². The van der Waals surface area contributed by atoms with Gasteiger partial charge >= 0.3 is 12.1 Å². The minimum absolute atomic E-state index is 0.0639. The minimum Gasteiger partial charge on any atom is -0.452 e. The second-order valence-corrected chi connectivity index (χ2v) is 7.90. The van der Waals surface area contributed by atoms with E-state index in [9.17, 15) is 22.8 Å². The maximum atomic E-state index is 12.8. The molecule has 4 rings (SSSR count). The molecule has 7 nitrogen and oxygen atoms in total. The van der Waals surface area contributed by atoms with Crippen LogP contribution in [0.1, 0.15) is 32.7 Å². The fraction of sp³-hybridized carbons (Fsp3) is 0.154. The summed E-state index contributed by atoms with van der Waals surface area (Å²) in [5.74, 6) is -1.20. The van der Waals surface area contributed by atoms with E-state index in [0.29, 0.717) is 24.0 Å². The molecule has 36 heavy (non-hydrogen) atoms. The number of halogens is 3. The third kappa shape index (κ3) is 5.77. The van der Waals surface area contributed by atoms with Crippen LogP contribution in [0.3, 0.4) is 0 Å². The lowest BCUT2D eigenvalue weighted by Crippen LogP contribution is -2.21. The van der Waals surface area contributed by atoms with Crippen LogP contribution < -0.4 is 5.32 Å². The Bertz CT molecular complexity index is 1370. The molecule has 2 aromatic carbocycles. The molecule has 0 unspecified atom stereocenters. The smallest absolute Gasteiger partial charge is 0.417 e. The summed E-state index contributed by atoms with van der Waals surface area (Å²) < 4.78 is 44.6. The molecule has 1 amide bonds. The van der Waals surface area contributed by atoms with Gasteiger partial charge < -0.3 is 10.1 Å². The zero-order chi connectivity index (χ0) is 25.7. The van der Waals surface area contributed by atoms with Gasteiger partial charge in [-0.15, -0.1) is 0 Å². The molecule has 0 fully saturated rings. The number of amides is 1. The van der Waals surface area contributed by atoms with Crippen molar-refractivity contribution in [1.82, 2.24) is 14.8 Å². The number of alkyl halides is 3. The Morgan fingerprint density at radius 2 is 1.69 bits per heavy atom. The summed E-state index contributed by atoms with van der Waals surface area (Å²) in [6.07, 6.45) is -1.99. The van der Waals surface area contributed by atoms with Crippen LogP contribution >= 0.6 is 0 Å². The number of nitrogens with one attached hydrogen (secondary N) is 1. The van der Waals surface area contributed by atoms with Crippen molar-refractivity contribution in [1.29, 1.82) is 0 Å². The summed E-state index contributed by atoms with van der Waals surface area (Å²) in [6, 6.07) is 19.2. The third-order valence-electron chi connectivity index (χ3n) is 5.39. The van der Waals surface area contributed by atoms with Crippen LogP contribution in [0.2, 0.25) is 0 Å². The summed E-state index contributed by atoms with van der Waals surface area (Å²) in [5, 5.41) is 6.78. The summed E-state index contributed by atoms with van der Waals surface area (Å²) in [7, 11) is 0. The van der Waals surface area contributed by atoms with Gasteiger partial charge in [0, 0.05) is 11.9 Å². The molecule has 0 bridgehead atoms. The molecule has 2 aromatic heterocycles. The van der Waals surface area contributed by atoms with Crippen molar-refractivity contribution in [2.75, 3.05) is 11.9 Å². The summed E-state index contributed by atoms with van der Waals surface area (Å²) >= 11 is 0. The predicted molar refractivity (Wildman–Crippen MR) is 126 cm³/mol. The van der Waals surface area contributed by atoms with Crippen LogP contribution in [0, 0.1) is 6.92 Å². The second kappa shape index (κ2) is 10.4. The number of pyridine rings is 1. The first-order chi connectivity index (χ1) is 17.2. The van der Waals surface area contributed by atoms with E-state index < -0.39 is 30.2 Å². The van der Waals surface area contributed by atoms with Crippen LogP contribution in [0.5, 0.6) is 0 Å². The molecular weight excluding hydrogens is 473 g/mol. The van der Waals surface area contributed by atoms with Gasteiger partial charge in [0.1, 0.15) is 5.56 Å². The average Bonchev–Trinajstić information content (AvgIpc) is 3.25. The maximum Gasteiger partial charge on any atom is 0.417 e. The average molecular weight is 494 g/mol. The van der Waals surface area contributed by atoms with Crippen LogP contribution in [0.15, 0.2) is 79.1 Å². The van der Waals surface area contributed by atoms with Crippen LogP contribution in [0.4, 0.5) is 18.9 Å². The highest BCUT2D eigenvalue weighted by Gasteiger charge is 2.31. The number of esters is 1. The van der Waals surface area contributed by atoms with E-state index in [-0.39, 0.29) is 11.4 Å². The van der Waals surface area contributed by atoms with Crippen molar-refractivity contribution in [2.24, 2.45) is 0 Å². The van der Waals surface area contributed by atoms with Crippen molar-refractivity contribution in [2.45, 2.75) is 19.5 Å². The molecule has 2 heterocycles. The van der Waals surface area contributed by atoms with Crippen molar-refractivity contribution in [3.8, 4) is 5.82 Å². The molecule has 0 radical (unpaired) electrons. The fourth-order valence-electron chi connectivity index (χ4n) is 3.53. The van der Waals surface area contributed by atoms with Gasteiger partial charge in [-0.25, -0.2) is 14.5 Å². The molecule has 0 aliphatic heterocycles. The predicted octanol–water partition coefficient (Wildman–Crippen LogP) is 4.98. The van der Waals surface area contributed by atoms with Gasteiger partial charge in [-0.05, 0) is 42.7 Å². The molecule has 0 atom stereocenters. The van der Waals surface area contributed by atoms with E-state index >= 15 is 0 Å². The standard InChI is InChI=1S/C26H21F3N4O3/c1-17-21(15-31-33(17)23-12-11-20(14-30-23)26(27,28)29)25(35)36-16-24(34)32-22-10-6-5-9-19(22)13-18-7-3-2-4-8-18/h2-12,14-15H,13,16H2,1H3,(H,32,34). The van der Waals surface area contributed by atoms with Gasteiger partial charge in [0.25, 0.3) is 5.91 Å². The van der Waals surface area contributed by atoms with Gasteiger partial charge in [0.05, 0.1) is 17.5 Å². The molecule has 0 saturated heterocycles. The monoisotopic (exact) mass is 494 g/mol.